The van der Waals surface area contributed by atoms with Crippen LogP contribution in [0.3, 0.4) is 0 Å². The number of ether oxygens (including phenoxy) is 2. The van der Waals surface area contributed by atoms with E-state index in [1.165, 1.54) is 0 Å². The molecule has 0 spiro atoms. The number of primary amides is 1. The highest BCUT2D eigenvalue weighted by molar-refractivity contribution is 6.04. The van der Waals surface area contributed by atoms with Gasteiger partial charge in [-0.15, -0.1) is 5.10 Å². The minimum Gasteiger partial charge on any atom is -0.497 e. The van der Waals surface area contributed by atoms with Gasteiger partial charge in [0.15, 0.2) is 11.5 Å². The van der Waals surface area contributed by atoms with Crippen molar-refractivity contribution in [2.24, 2.45) is 11.7 Å². The number of benzene rings is 1. The fourth-order valence-corrected chi connectivity index (χ4v) is 3.90. The molecule has 0 aliphatic heterocycles. The lowest BCUT2D eigenvalue weighted by atomic mass is 10.00. The Labute approximate surface area is 198 Å². The first kappa shape index (κ1) is 23.6. The summed E-state index contributed by atoms with van der Waals surface area (Å²) in [4.78, 5) is 17.3. The zero-order valence-electron chi connectivity index (χ0n) is 20.0. The number of fused-ring (bicyclic) bond motifs is 1. The number of carbonyl (C=O) groups is 1. The van der Waals surface area contributed by atoms with E-state index in [9.17, 15) is 9.90 Å². The number of hydrogen-bond donors (Lipinski definition) is 4. The molecule has 1 unspecified atom stereocenters. The van der Waals surface area contributed by atoms with Crippen molar-refractivity contribution in [3.05, 3.63) is 35.5 Å². The summed E-state index contributed by atoms with van der Waals surface area (Å²) in [5, 5.41) is 21.2. The fourth-order valence-electron chi connectivity index (χ4n) is 3.90. The van der Waals surface area contributed by atoms with Crippen LogP contribution in [0.4, 0.5) is 17.3 Å². The summed E-state index contributed by atoms with van der Waals surface area (Å²) in [6.07, 6.45) is 3.00. The fraction of sp³-hybridized carbons (Fsp3) is 0.458. The summed E-state index contributed by atoms with van der Waals surface area (Å²) in [5.74, 6) is 2.03. The maximum absolute atomic E-state index is 12.6. The Hall–Kier alpha value is -3.53. The molecule has 1 aliphatic carbocycles. The number of methoxy groups -OCH3 is 2. The summed E-state index contributed by atoms with van der Waals surface area (Å²) >= 11 is 0. The molecule has 1 fully saturated rings. The number of aromatic nitrogens is 3. The van der Waals surface area contributed by atoms with Gasteiger partial charge in [-0.05, 0) is 18.8 Å². The van der Waals surface area contributed by atoms with E-state index >= 15 is 0 Å². The second-order valence-electron chi connectivity index (χ2n) is 8.71. The van der Waals surface area contributed by atoms with E-state index in [-0.39, 0.29) is 29.9 Å². The van der Waals surface area contributed by atoms with Crippen molar-refractivity contribution >= 4 is 28.9 Å². The monoisotopic (exact) mass is 468 g/mol. The number of aliphatic hydroxyl groups excluding tert-OH is 1. The highest BCUT2D eigenvalue weighted by atomic mass is 16.5. The van der Waals surface area contributed by atoms with Crippen LogP contribution in [0.1, 0.15) is 55.1 Å². The number of nitrogens with zero attached hydrogens (tertiary/aromatic N) is 3. The Morgan fingerprint density at radius 1 is 1.24 bits per heavy atom. The molecule has 1 amide bonds. The average Bonchev–Trinajstić information content (AvgIpc) is 3.62. The van der Waals surface area contributed by atoms with Crippen molar-refractivity contribution < 1.29 is 19.4 Å². The minimum absolute atomic E-state index is 0.0315. The Morgan fingerprint density at radius 3 is 2.44 bits per heavy atom. The van der Waals surface area contributed by atoms with Gasteiger partial charge in [-0.2, -0.15) is 4.52 Å². The molecule has 1 aromatic carbocycles. The summed E-state index contributed by atoms with van der Waals surface area (Å²) in [6, 6.07) is 7.06. The van der Waals surface area contributed by atoms with Crippen LogP contribution in [0.25, 0.3) is 5.65 Å². The van der Waals surface area contributed by atoms with Gasteiger partial charge < -0.3 is 30.9 Å². The van der Waals surface area contributed by atoms with Crippen molar-refractivity contribution in [1.29, 1.82) is 0 Å². The van der Waals surface area contributed by atoms with Crippen LogP contribution in [-0.4, -0.2) is 52.5 Å². The van der Waals surface area contributed by atoms with E-state index < -0.39 is 5.91 Å². The van der Waals surface area contributed by atoms with Crippen molar-refractivity contribution in [1.82, 2.24) is 14.6 Å². The number of carbonyl (C=O) groups excluding carboxylic acids is 1. The molecule has 4 rings (SSSR count). The quantitative estimate of drug-likeness (QED) is 0.337. The van der Waals surface area contributed by atoms with Gasteiger partial charge in [0.2, 0.25) is 0 Å². The van der Waals surface area contributed by atoms with Crippen molar-refractivity contribution in [2.45, 2.75) is 45.1 Å². The number of anilines is 3. The number of aliphatic hydroxyl groups is 1. The molecular weight excluding hydrogens is 436 g/mol. The van der Waals surface area contributed by atoms with E-state index in [0.29, 0.717) is 34.6 Å². The number of amides is 1. The molecule has 0 saturated heterocycles. The maximum atomic E-state index is 12.6. The molecule has 34 heavy (non-hydrogen) atoms. The Kier molecular flexibility index (Phi) is 6.78. The normalized spacial score (nSPS) is 15.1. The highest BCUT2D eigenvalue weighted by Crippen LogP contribution is 2.41. The SMILES string of the molecule is CCC(C)[C@@H](CO)Nc1cc(C2CC2)nc2c(C(N)=O)c(Nc3cc(OC)cc(OC)c3)nn12. The second-order valence-corrected chi connectivity index (χ2v) is 8.71. The molecule has 3 aromatic rings. The molecule has 2 aromatic heterocycles. The number of nitrogens with one attached hydrogen (secondary N) is 2. The van der Waals surface area contributed by atoms with Gasteiger partial charge in [-0.3, -0.25) is 4.79 Å². The third-order valence-corrected chi connectivity index (χ3v) is 6.33. The number of nitrogens with two attached hydrogens (primary N) is 1. The van der Waals surface area contributed by atoms with Crippen LogP contribution in [0.2, 0.25) is 0 Å². The molecule has 10 heteroatoms. The minimum atomic E-state index is -0.639. The lowest BCUT2D eigenvalue weighted by Gasteiger charge is -2.23. The van der Waals surface area contributed by atoms with E-state index in [4.69, 9.17) is 20.2 Å². The lowest BCUT2D eigenvalue weighted by molar-refractivity contribution is 0.100. The molecule has 10 nitrogen and oxygen atoms in total. The molecule has 2 heterocycles. The van der Waals surface area contributed by atoms with Gasteiger partial charge in [0.05, 0.1) is 26.9 Å². The van der Waals surface area contributed by atoms with Crippen LogP contribution >= 0.6 is 0 Å². The summed E-state index contributed by atoms with van der Waals surface area (Å²) in [7, 11) is 3.13. The first-order chi connectivity index (χ1) is 16.4. The van der Waals surface area contributed by atoms with Crippen LogP contribution in [0.5, 0.6) is 11.5 Å². The standard InChI is InChI=1S/C24H32N6O4/c1-5-13(2)19(12-31)27-20-11-18(14-6-7-14)28-24-21(22(25)32)23(29-30(20)24)26-15-8-16(33-3)10-17(9-15)34-4/h8-11,13-14,19,27,31H,5-7,12H2,1-4H3,(H2,25,32)(H,26,29)/t13?,19-/m1/s1. The van der Waals surface area contributed by atoms with Crippen LogP contribution < -0.4 is 25.8 Å². The largest absolute Gasteiger partial charge is 0.497 e. The molecule has 0 radical (unpaired) electrons. The second kappa shape index (κ2) is 9.76. The smallest absolute Gasteiger partial charge is 0.256 e. The summed E-state index contributed by atoms with van der Waals surface area (Å²) in [5.41, 5.74) is 7.86. The average molecular weight is 469 g/mol. The highest BCUT2D eigenvalue weighted by Gasteiger charge is 2.29. The van der Waals surface area contributed by atoms with E-state index in [2.05, 4.69) is 29.6 Å². The molecule has 1 saturated carbocycles. The van der Waals surface area contributed by atoms with Gasteiger partial charge in [0.25, 0.3) is 5.91 Å². The molecule has 5 N–H and O–H groups in total. The molecule has 0 bridgehead atoms. The van der Waals surface area contributed by atoms with Gasteiger partial charge in [-0.25, -0.2) is 4.98 Å². The Bertz CT molecular complexity index is 1170. The summed E-state index contributed by atoms with van der Waals surface area (Å²) < 4.78 is 12.3. The zero-order valence-corrected chi connectivity index (χ0v) is 20.0. The van der Waals surface area contributed by atoms with Crippen LogP contribution in [-0.2, 0) is 0 Å². The van der Waals surface area contributed by atoms with E-state index in [1.807, 2.05) is 6.07 Å². The van der Waals surface area contributed by atoms with Gasteiger partial charge >= 0.3 is 0 Å². The van der Waals surface area contributed by atoms with Crippen molar-refractivity contribution in [3.63, 3.8) is 0 Å². The lowest BCUT2D eigenvalue weighted by Crippen LogP contribution is -2.31. The molecular formula is C24H32N6O4. The number of hydrogen-bond acceptors (Lipinski definition) is 8. The maximum Gasteiger partial charge on any atom is 0.256 e. The summed E-state index contributed by atoms with van der Waals surface area (Å²) in [6.45, 7) is 4.13. The van der Waals surface area contributed by atoms with E-state index in [1.54, 1.807) is 36.9 Å². The first-order valence-corrected chi connectivity index (χ1v) is 11.5. The Balaban J connectivity index is 1.83. The van der Waals surface area contributed by atoms with Gasteiger partial charge in [0, 0.05) is 41.6 Å². The number of rotatable bonds is 11. The third-order valence-electron chi connectivity index (χ3n) is 6.33. The Morgan fingerprint density at radius 2 is 1.91 bits per heavy atom. The molecule has 1 aliphatic rings. The van der Waals surface area contributed by atoms with Crippen LogP contribution in [0, 0.1) is 5.92 Å². The van der Waals surface area contributed by atoms with Gasteiger partial charge in [-0.1, -0.05) is 20.3 Å². The van der Waals surface area contributed by atoms with Crippen LogP contribution in [0.15, 0.2) is 24.3 Å². The molecule has 2 atom stereocenters. The van der Waals surface area contributed by atoms with Gasteiger partial charge in [0.1, 0.15) is 22.9 Å². The zero-order chi connectivity index (χ0) is 24.4. The van der Waals surface area contributed by atoms with E-state index in [0.717, 1.165) is 25.0 Å². The predicted octanol–water partition coefficient (Wildman–Crippen LogP) is 3.29. The van der Waals surface area contributed by atoms with Crippen molar-refractivity contribution in [3.8, 4) is 11.5 Å². The first-order valence-electron chi connectivity index (χ1n) is 11.5. The topological polar surface area (TPSA) is 136 Å². The third kappa shape index (κ3) is 4.72. The predicted molar refractivity (Wildman–Crippen MR) is 130 cm³/mol. The molecule has 182 valence electrons. The van der Waals surface area contributed by atoms with Crippen molar-refractivity contribution in [2.75, 3.05) is 31.5 Å².